The largest absolute Gasteiger partial charge is 0.337 e. The molecule has 0 saturated carbocycles. The Bertz CT molecular complexity index is 809. The van der Waals surface area contributed by atoms with Gasteiger partial charge in [0.1, 0.15) is 22.3 Å². The summed E-state index contributed by atoms with van der Waals surface area (Å²) in [6.45, 7) is 0. The number of fused-ring (bicyclic) bond motifs is 1. The van der Waals surface area contributed by atoms with Crippen LogP contribution in [0.1, 0.15) is 0 Å². The van der Waals surface area contributed by atoms with E-state index in [2.05, 4.69) is 31.2 Å². The molecule has 0 radical (unpaired) electrons. The molecule has 0 bridgehead atoms. The van der Waals surface area contributed by atoms with Crippen molar-refractivity contribution in [2.45, 2.75) is 0 Å². The minimum Gasteiger partial charge on any atom is -0.337 e. The Kier molecular flexibility index (Phi) is 3.57. The molecule has 3 aromatic rings. The molecule has 0 fully saturated rings. The van der Waals surface area contributed by atoms with Gasteiger partial charge in [0, 0.05) is 6.07 Å². The molecule has 3 nitrogen and oxygen atoms in total. The summed E-state index contributed by atoms with van der Waals surface area (Å²) >= 11 is 10.2. The molecule has 1 aromatic carbocycles. The fourth-order valence-corrected chi connectivity index (χ4v) is 3.00. The Morgan fingerprint density at radius 3 is 2.80 bits per heavy atom. The summed E-state index contributed by atoms with van der Waals surface area (Å²) in [5, 5.41) is 5.42. The minimum absolute atomic E-state index is 0.0593. The third-order valence-electron chi connectivity index (χ3n) is 2.56. The van der Waals surface area contributed by atoms with E-state index in [9.17, 15) is 8.78 Å². The molecule has 0 spiro atoms. The molecule has 3 rings (SSSR count). The van der Waals surface area contributed by atoms with Gasteiger partial charge in [-0.05, 0) is 45.0 Å². The second kappa shape index (κ2) is 5.23. The summed E-state index contributed by atoms with van der Waals surface area (Å²) in [4.78, 5) is 8.79. The second-order valence-electron chi connectivity index (χ2n) is 3.85. The van der Waals surface area contributed by atoms with Crippen LogP contribution in [0.2, 0.25) is 5.28 Å². The predicted octanol–water partition coefficient (Wildman–Crippen LogP) is 5.13. The number of thiophene rings is 1. The third-order valence-corrected chi connectivity index (χ3v) is 4.14. The molecule has 0 aliphatic rings. The van der Waals surface area contributed by atoms with Crippen molar-refractivity contribution < 1.29 is 8.78 Å². The van der Waals surface area contributed by atoms with Crippen molar-refractivity contribution in [3.05, 3.63) is 45.0 Å². The van der Waals surface area contributed by atoms with Crippen LogP contribution in [0.4, 0.5) is 20.3 Å². The first kappa shape index (κ1) is 13.7. The van der Waals surface area contributed by atoms with Crippen LogP contribution < -0.4 is 5.32 Å². The van der Waals surface area contributed by atoms with Crippen LogP contribution in [0, 0.1) is 11.6 Å². The van der Waals surface area contributed by atoms with E-state index in [1.54, 1.807) is 6.07 Å². The topological polar surface area (TPSA) is 37.8 Å². The fourth-order valence-electron chi connectivity index (χ4n) is 1.67. The molecule has 0 amide bonds. The molecule has 2 aromatic heterocycles. The Morgan fingerprint density at radius 2 is 2.00 bits per heavy atom. The van der Waals surface area contributed by atoms with E-state index >= 15 is 0 Å². The molecule has 0 aliphatic carbocycles. The van der Waals surface area contributed by atoms with Crippen molar-refractivity contribution in [3.63, 3.8) is 0 Å². The van der Waals surface area contributed by atoms with Gasteiger partial charge in [0.15, 0.2) is 0 Å². The van der Waals surface area contributed by atoms with Gasteiger partial charge in [-0.2, -0.15) is 4.98 Å². The minimum atomic E-state index is -0.719. The lowest BCUT2D eigenvalue weighted by Crippen LogP contribution is -1.99. The van der Waals surface area contributed by atoms with Gasteiger partial charge in [-0.25, -0.2) is 13.8 Å². The maximum Gasteiger partial charge on any atom is 0.225 e. The zero-order valence-corrected chi connectivity index (χ0v) is 12.8. The highest BCUT2D eigenvalue weighted by Crippen LogP contribution is 2.31. The van der Waals surface area contributed by atoms with Crippen molar-refractivity contribution >= 4 is 60.6 Å². The van der Waals surface area contributed by atoms with Gasteiger partial charge in [0.2, 0.25) is 5.28 Å². The second-order valence-corrected chi connectivity index (χ2v) is 5.94. The lowest BCUT2D eigenvalue weighted by molar-refractivity contribution is 0.581. The van der Waals surface area contributed by atoms with Crippen molar-refractivity contribution in [2.75, 3.05) is 5.32 Å². The van der Waals surface area contributed by atoms with Gasteiger partial charge in [-0.1, -0.05) is 0 Å². The van der Waals surface area contributed by atoms with Crippen molar-refractivity contribution in [1.82, 2.24) is 9.97 Å². The van der Waals surface area contributed by atoms with Crippen LogP contribution in [-0.2, 0) is 0 Å². The number of rotatable bonds is 2. The van der Waals surface area contributed by atoms with Crippen LogP contribution in [0.5, 0.6) is 0 Å². The summed E-state index contributed by atoms with van der Waals surface area (Å²) in [6.07, 6.45) is 0. The fraction of sp³-hybridized carbons (Fsp3) is 0. The molecule has 8 heteroatoms. The smallest absolute Gasteiger partial charge is 0.225 e. The number of hydrogen-bond acceptors (Lipinski definition) is 4. The first-order valence-corrected chi connectivity index (χ1v) is 7.42. The van der Waals surface area contributed by atoms with Crippen molar-refractivity contribution in [1.29, 1.82) is 0 Å². The van der Waals surface area contributed by atoms with Gasteiger partial charge < -0.3 is 5.32 Å². The third kappa shape index (κ3) is 2.48. The van der Waals surface area contributed by atoms with E-state index < -0.39 is 11.6 Å². The van der Waals surface area contributed by atoms with Gasteiger partial charge in [0.25, 0.3) is 0 Å². The van der Waals surface area contributed by atoms with Crippen LogP contribution in [0.25, 0.3) is 10.2 Å². The summed E-state index contributed by atoms with van der Waals surface area (Å²) in [5.74, 6) is -1.02. The number of benzene rings is 1. The first-order chi connectivity index (χ1) is 9.54. The SMILES string of the molecule is Fc1cc(F)c(Nc2nc(Cl)nc3sccc23)cc1Br. The molecule has 1 N–H and O–H groups in total. The highest BCUT2D eigenvalue weighted by molar-refractivity contribution is 9.10. The first-order valence-electron chi connectivity index (χ1n) is 5.37. The Labute approximate surface area is 129 Å². The highest BCUT2D eigenvalue weighted by atomic mass is 79.9. The lowest BCUT2D eigenvalue weighted by Gasteiger charge is -2.09. The molecule has 0 unspecified atom stereocenters. The number of nitrogens with zero attached hydrogens (tertiary/aromatic N) is 2. The molecular weight excluding hydrogens is 372 g/mol. The summed E-state index contributed by atoms with van der Waals surface area (Å²) < 4.78 is 27.1. The van der Waals surface area contributed by atoms with Gasteiger partial charge >= 0.3 is 0 Å². The summed E-state index contributed by atoms with van der Waals surface area (Å²) in [7, 11) is 0. The van der Waals surface area contributed by atoms with Gasteiger partial charge in [-0.3, -0.25) is 0 Å². The average Bonchev–Trinajstić information content (AvgIpc) is 2.84. The molecule has 20 heavy (non-hydrogen) atoms. The monoisotopic (exact) mass is 375 g/mol. The van der Waals surface area contributed by atoms with Crippen LogP contribution in [-0.4, -0.2) is 9.97 Å². The number of halogens is 4. The normalized spacial score (nSPS) is 11.0. The quantitative estimate of drug-likeness (QED) is 0.498. The highest BCUT2D eigenvalue weighted by Gasteiger charge is 2.12. The van der Waals surface area contributed by atoms with E-state index in [0.717, 1.165) is 11.5 Å². The maximum atomic E-state index is 13.7. The number of aromatic nitrogens is 2. The molecule has 102 valence electrons. The van der Waals surface area contributed by atoms with E-state index in [-0.39, 0.29) is 15.4 Å². The van der Waals surface area contributed by atoms with E-state index in [1.165, 1.54) is 17.4 Å². The Balaban J connectivity index is 2.09. The summed E-state index contributed by atoms with van der Waals surface area (Å²) in [6, 6.07) is 3.90. The summed E-state index contributed by atoms with van der Waals surface area (Å²) in [5.41, 5.74) is 0.0977. The van der Waals surface area contributed by atoms with Gasteiger partial charge in [-0.15, -0.1) is 11.3 Å². The maximum absolute atomic E-state index is 13.7. The molecule has 0 aliphatic heterocycles. The van der Waals surface area contributed by atoms with Crippen LogP contribution in [0.15, 0.2) is 28.1 Å². The number of nitrogens with one attached hydrogen (secondary N) is 1. The molecule has 0 atom stereocenters. The van der Waals surface area contributed by atoms with Crippen LogP contribution in [0.3, 0.4) is 0 Å². The Morgan fingerprint density at radius 1 is 1.20 bits per heavy atom. The van der Waals surface area contributed by atoms with Crippen molar-refractivity contribution in [2.24, 2.45) is 0 Å². The predicted molar refractivity (Wildman–Crippen MR) is 79.8 cm³/mol. The average molecular weight is 377 g/mol. The molecular formula is C12H5BrClF2N3S. The molecule has 2 heterocycles. The van der Waals surface area contributed by atoms with Gasteiger partial charge in [0.05, 0.1) is 15.5 Å². The standard InChI is InChI=1S/C12H5BrClF2N3S/c13-6-3-9(8(16)4-7(6)15)17-10-5-1-2-20-11(5)19-12(14)18-10/h1-4H,(H,17,18,19). The van der Waals surface area contributed by atoms with Crippen molar-refractivity contribution in [3.8, 4) is 0 Å². The van der Waals surface area contributed by atoms with E-state index in [1.807, 2.05) is 5.38 Å². The lowest BCUT2D eigenvalue weighted by atomic mass is 10.3. The zero-order chi connectivity index (χ0) is 14.3. The number of anilines is 2. The molecule has 0 saturated heterocycles. The van der Waals surface area contributed by atoms with Crippen LogP contribution >= 0.6 is 38.9 Å². The van der Waals surface area contributed by atoms with E-state index in [4.69, 9.17) is 11.6 Å². The van der Waals surface area contributed by atoms with E-state index in [0.29, 0.717) is 10.6 Å². The number of hydrogen-bond donors (Lipinski definition) is 1. The Hall–Kier alpha value is -1.31. The zero-order valence-electron chi connectivity index (χ0n) is 9.62.